The van der Waals surface area contributed by atoms with Crippen LogP contribution < -0.4 is 16.2 Å². The summed E-state index contributed by atoms with van der Waals surface area (Å²) in [6, 6.07) is 1.63. The van der Waals surface area contributed by atoms with Crippen molar-refractivity contribution in [3.63, 3.8) is 0 Å². The Morgan fingerprint density at radius 3 is 2.75 bits per heavy atom. The minimum absolute atomic E-state index is 0.142. The molecule has 1 aliphatic rings. The first-order valence-electron chi connectivity index (χ1n) is 9.22. The molecule has 1 amide bonds. The number of aromatic carboxylic acids is 1. The third-order valence-electron chi connectivity index (χ3n) is 4.79. The molecule has 0 saturated carbocycles. The number of anilines is 2. The van der Waals surface area contributed by atoms with Gasteiger partial charge in [0.05, 0.1) is 5.56 Å². The number of hydrogen-bond acceptors (Lipinski definition) is 5. The van der Waals surface area contributed by atoms with Gasteiger partial charge in [-0.2, -0.15) is 4.98 Å². The quantitative estimate of drug-likeness (QED) is 0.531. The van der Waals surface area contributed by atoms with Gasteiger partial charge in [0.25, 0.3) is 5.56 Å². The molecule has 3 rings (SSSR count). The molecule has 3 heterocycles. The molecule has 0 radical (unpaired) electrons. The van der Waals surface area contributed by atoms with Gasteiger partial charge in [-0.1, -0.05) is 20.8 Å². The van der Waals surface area contributed by atoms with E-state index in [4.69, 9.17) is 5.11 Å². The van der Waals surface area contributed by atoms with Crippen molar-refractivity contribution in [3.05, 3.63) is 39.4 Å². The lowest BCUT2D eigenvalue weighted by molar-refractivity contribution is -0.123. The van der Waals surface area contributed by atoms with Crippen LogP contribution in [0.15, 0.2) is 17.1 Å². The van der Waals surface area contributed by atoms with E-state index < -0.39 is 11.4 Å². The molecule has 28 heavy (non-hydrogen) atoms. The number of carboxylic acids is 1. The predicted octanol–water partition coefficient (Wildman–Crippen LogP) is 2.00. The van der Waals surface area contributed by atoms with E-state index in [0.29, 0.717) is 24.3 Å². The first kappa shape index (κ1) is 19.7. The van der Waals surface area contributed by atoms with Gasteiger partial charge in [0, 0.05) is 18.2 Å². The Labute approximate surface area is 162 Å². The number of rotatable bonds is 5. The fraction of sp³-hybridized carbons (Fsp3) is 0.474. The molecule has 2 aromatic rings. The number of amides is 1. The van der Waals surface area contributed by atoms with Crippen LogP contribution in [0.4, 0.5) is 11.8 Å². The second-order valence-corrected chi connectivity index (χ2v) is 8.16. The number of aryl methyl sites for hydroxylation is 1. The number of aromatic nitrogens is 3. The standard InChI is InChI=1S/C19H25N5O4/c1-19(2,3)17(28)24-18-22-14-12(15(25)23-18)6-10(9-21-14)4-5-11-7-13(16(26)27)20-8-11/h7-8,10,20H,4-6,9H2,1-3H3,(H,26,27)(H3,21,22,23,24,25,28). The molecule has 1 aliphatic heterocycles. The average molecular weight is 387 g/mol. The van der Waals surface area contributed by atoms with Gasteiger partial charge in [0.1, 0.15) is 11.5 Å². The van der Waals surface area contributed by atoms with Crippen LogP contribution in [-0.2, 0) is 17.6 Å². The van der Waals surface area contributed by atoms with E-state index in [2.05, 4.69) is 25.6 Å². The van der Waals surface area contributed by atoms with Crippen LogP contribution in [0.25, 0.3) is 0 Å². The SMILES string of the molecule is CC(C)(C)C(=O)Nc1nc2c(c(=O)[nH]1)CC(CCc1c[nH]c(C(=O)O)c1)CN2. The molecule has 0 aliphatic carbocycles. The Balaban J connectivity index is 1.65. The summed E-state index contributed by atoms with van der Waals surface area (Å²) in [5.74, 6) is -0.334. The predicted molar refractivity (Wildman–Crippen MR) is 105 cm³/mol. The molecule has 0 fully saturated rings. The van der Waals surface area contributed by atoms with Crippen molar-refractivity contribution >= 4 is 23.6 Å². The van der Waals surface area contributed by atoms with Crippen molar-refractivity contribution in [2.75, 3.05) is 17.2 Å². The summed E-state index contributed by atoms with van der Waals surface area (Å²) >= 11 is 0. The molecule has 9 nitrogen and oxygen atoms in total. The van der Waals surface area contributed by atoms with Gasteiger partial charge in [-0.3, -0.25) is 19.9 Å². The molecule has 1 unspecified atom stereocenters. The maximum absolute atomic E-state index is 12.5. The molecule has 9 heteroatoms. The zero-order valence-electron chi connectivity index (χ0n) is 16.2. The lowest BCUT2D eigenvalue weighted by Crippen LogP contribution is -2.33. The van der Waals surface area contributed by atoms with Gasteiger partial charge in [0.15, 0.2) is 0 Å². The molecule has 1 atom stereocenters. The van der Waals surface area contributed by atoms with Crippen LogP contribution in [0.5, 0.6) is 0 Å². The van der Waals surface area contributed by atoms with Crippen LogP contribution in [0.3, 0.4) is 0 Å². The topological polar surface area (TPSA) is 140 Å². The fourth-order valence-corrected chi connectivity index (χ4v) is 3.07. The Morgan fingerprint density at radius 2 is 2.11 bits per heavy atom. The number of H-pyrrole nitrogens is 2. The molecule has 0 bridgehead atoms. The van der Waals surface area contributed by atoms with Gasteiger partial charge in [-0.25, -0.2) is 4.79 Å². The summed E-state index contributed by atoms with van der Waals surface area (Å²) < 4.78 is 0. The maximum atomic E-state index is 12.5. The minimum Gasteiger partial charge on any atom is -0.477 e. The normalized spacial score (nSPS) is 16.2. The number of nitrogens with zero attached hydrogens (tertiary/aromatic N) is 1. The minimum atomic E-state index is -0.980. The molecular weight excluding hydrogens is 362 g/mol. The monoisotopic (exact) mass is 387 g/mol. The third-order valence-corrected chi connectivity index (χ3v) is 4.79. The average Bonchev–Trinajstić information content (AvgIpc) is 3.09. The van der Waals surface area contributed by atoms with Gasteiger partial charge in [-0.15, -0.1) is 0 Å². The zero-order valence-corrected chi connectivity index (χ0v) is 16.2. The lowest BCUT2D eigenvalue weighted by Gasteiger charge is -2.25. The smallest absolute Gasteiger partial charge is 0.352 e. The molecule has 2 aromatic heterocycles. The van der Waals surface area contributed by atoms with Crippen molar-refractivity contribution in [3.8, 4) is 0 Å². The number of carboxylic acid groups (broad SMARTS) is 1. The van der Waals surface area contributed by atoms with Crippen LogP contribution >= 0.6 is 0 Å². The van der Waals surface area contributed by atoms with Crippen molar-refractivity contribution in [2.24, 2.45) is 11.3 Å². The number of hydrogen-bond donors (Lipinski definition) is 5. The zero-order chi connectivity index (χ0) is 20.5. The van der Waals surface area contributed by atoms with Crippen LogP contribution in [0.2, 0.25) is 0 Å². The van der Waals surface area contributed by atoms with Gasteiger partial charge in [0.2, 0.25) is 11.9 Å². The maximum Gasteiger partial charge on any atom is 0.352 e. The Morgan fingerprint density at radius 1 is 1.36 bits per heavy atom. The van der Waals surface area contributed by atoms with E-state index in [1.54, 1.807) is 33.0 Å². The fourth-order valence-electron chi connectivity index (χ4n) is 3.07. The molecule has 150 valence electrons. The number of nitrogens with one attached hydrogen (secondary N) is 4. The molecule has 0 saturated heterocycles. The summed E-state index contributed by atoms with van der Waals surface area (Å²) in [4.78, 5) is 45.2. The van der Waals surface area contributed by atoms with E-state index in [9.17, 15) is 14.4 Å². The lowest BCUT2D eigenvalue weighted by atomic mass is 9.91. The summed E-state index contributed by atoms with van der Waals surface area (Å²) in [5, 5.41) is 14.8. The second kappa shape index (κ2) is 7.49. The number of fused-ring (bicyclic) bond motifs is 1. The molecular formula is C19H25N5O4. The first-order valence-corrected chi connectivity index (χ1v) is 9.22. The van der Waals surface area contributed by atoms with Crippen LogP contribution in [0.1, 0.15) is 48.8 Å². The first-order chi connectivity index (χ1) is 13.1. The molecule has 0 aromatic carbocycles. The highest BCUT2D eigenvalue weighted by atomic mass is 16.4. The van der Waals surface area contributed by atoms with Gasteiger partial charge < -0.3 is 15.4 Å². The van der Waals surface area contributed by atoms with Gasteiger partial charge >= 0.3 is 5.97 Å². The van der Waals surface area contributed by atoms with Crippen LogP contribution in [-0.4, -0.2) is 38.5 Å². The molecule has 0 spiro atoms. The highest BCUT2D eigenvalue weighted by Crippen LogP contribution is 2.24. The van der Waals surface area contributed by atoms with Crippen molar-refractivity contribution in [1.29, 1.82) is 0 Å². The summed E-state index contributed by atoms with van der Waals surface area (Å²) in [7, 11) is 0. The van der Waals surface area contributed by atoms with E-state index in [-0.39, 0.29) is 29.0 Å². The van der Waals surface area contributed by atoms with E-state index in [1.165, 1.54) is 0 Å². The van der Waals surface area contributed by atoms with E-state index in [1.807, 2.05) is 0 Å². The van der Waals surface area contributed by atoms with E-state index >= 15 is 0 Å². The summed E-state index contributed by atoms with van der Waals surface area (Å²) in [6.45, 7) is 6.01. The Bertz CT molecular complexity index is 954. The van der Waals surface area contributed by atoms with Gasteiger partial charge in [-0.05, 0) is 36.8 Å². The Hall–Kier alpha value is -3.10. The van der Waals surface area contributed by atoms with Crippen LogP contribution in [0, 0.1) is 11.3 Å². The van der Waals surface area contributed by atoms with E-state index in [0.717, 1.165) is 18.4 Å². The highest BCUT2D eigenvalue weighted by molar-refractivity contribution is 5.93. The highest BCUT2D eigenvalue weighted by Gasteiger charge is 2.25. The Kier molecular flexibility index (Phi) is 5.26. The van der Waals surface area contributed by atoms with Crippen molar-refractivity contribution in [2.45, 2.75) is 40.0 Å². The largest absolute Gasteiger partial charge is 0.477 e. The second-order valence-electron chi connectivity index (χ2n) is 8.16. The third kappa shape index (κ3) is 4.41. The summed E-state index contributed by atoms with van der Waals surface area (Å²) in [6.07, 6.45) is 3.81. The number of carbonyl (C=O) groups excluding carboxylic acids is 1. The molecule has 5 N–H and O–H groups in total. The van der Waals surface area contributed by atoms with Crippen molar-refractivity contribution < 1.29 is 14.7 Å². The number of carbonyl (C=O) groups is 2. The summed E-state index contributed by atoms with van der Waals surface area (Å²) in [5.41, 5.74) is 0.820. The number of aromatic amines is 2. The van der Waals surface area contributed by atoms with Crippen molar-refractivity contribution in [1.82, 2.24) is 15.0 Å².